The van der Waals surface area contributed by atoms with Crippen LogP contribution >= 0.6 is 0 Å². The van der Waals surface area contributed by atoms with Crippen LogP contribution in [-0.2, 0) is 6.42 Å². The highest BCUT2D eigenvalue weighted by atomic mass is 15.1. The largest absolute Gasteiger partial charge is 0.372 e. The molecule has 1 aromatic carbocycles. The Kier molecular flexibility index (Phi) is 2.96. The molecule has 2 heteroatoms. The summed E-state index contributed by atoms with van der Waals surface area (Å²) in [4.78, 5) is 2.41. The van der Waals surface area contributed by atoms with Crippen molar-refractivity contribution >= 4 is 5.69 Å². The average molecular weight is 204 g/mol. The second kappa shape index (κ2) is 4.23. The molecule has 0 aromatic heterocycles. The minimum atomic E-state index is 0.260. The first-order valence-electron chi connectivity index (χ1n) is 5.90. The third-order valence-electron chi connectivity index (χ3n) is 3.40. The van der Waals surface area contributed by atoms with Gasteiger partial charge in [-0.25, -0.2) is 0 Å². The lowest BCUT2D eigenvalue weighted by Gasteiger charge is -2.24. The number of fused-ring (bicyclic) bond motifs is 1. The molecule has 1 atom stereocenters. The number of nitrogens with two attached hydrogens (primary N) is 1. The van der Waals surface area contributed by atoms with Crippen molar-refractivity contribution in [3.05, 3.63) is 29.3 Å². The number of rotatable bonds is 3. The van der Waals surface area contributed by atoms with Crippen molar-refractivity contribution in [2.45, 2.75) is 32.7 Å². The highest BCUT2D eigenvalue weighted by Gasteiger charge is 2.22. The molecule has 0 radical (unpaired) electrons. The maximum Gasteiger partial charge on any atom is 0.0401 e. The van der Waals surface area contributed by atoms with Gasteiger partial charge in [0.25, 0.3) is 0 Å². The Morgan fingerprint density at radius 3 is 2.73 bits per heavy atom. The predicted molar refractivity (Wildman–Crippen MR) is 65.3 cm³/mol. The molecule has 0 bridgehead atoms. The van der Waals surface area contributed by atoms with Crippen LogP contribution in [0.1, 0.15) is 37.4 Å². The van der Waals surface area contributed by atoms with Crippen LogP contribution < -0.4 is 10.6 Å². The lowest BCUT2D eigenvalue weighted by Crippen LogP contribution is -2.23. The van der Waals surface area contributed by atoms with Crippen LogP contribution in [0.15, 0.2) is 18.2 Å². The summed E-state index contributed by atoms with van der Waals surface area (Å²) in [5, 5.41) is 0. The van der Waals surface area contributed by atoms with Gasteiger partial charge in [0.15, 0.2) is 0 Å². The van der Waals surface area contributed by atoms with Gasteiger partial charge in [0.2, 0.25) is 0 Å². The van der Waals surface area contributed by atoms with Crippen molar-refractivity contribution in [2.24, 2.45) is 5.73 Å². The van der Waals surface area contributed by atoms with E-state index in [1.165, 1.54) is 16.8 Å². The maximum atomic E-state index is 6.08. The Labute approximate surface area is 92.1 Å². The van der Waals surface area contributed by atoms with E-state index in [4.69, 9.17) is 5.73 Å². The molecule has 1 aliphatic carbocycles. The Morgan fingerprint density at radius 2 is 2.07 bits per heavy atom. The first-order valence-corrected chi connectivity index (χ1v) is 5.90. The van der Waals surface area contributed by atoms with Crippen LogP contribution in [0, 0.1) is 0 Å². The Hall–Kier alpha value is -1.02. The summed E-state index contributed by atoms with van der Waals surface area (Å²) in [7, 11) is 0. The number of nitrogens with zero attached hydrogens (tertiary/aromatic N) is 1. The number of anilines is 1. The lowest BCUT2D eigenvalue weighted by atomic mass is 10.1. The van der Waals surface area contributed by atoms with Crippen molar-refractivity contribution in [2.75, 3.05) is 18.0 Å². The van der Waals surface area contributed by atoms with Crippen LogP contribution in [0.4, 0.5) is 5.69 Å². The van der Waals surface area contributed by atoms with Gasteiger partial charge < -0.3 is 10.6 Å². The summed E-state index contributed by atoms with van der Waals surface area (Å²) in [5.74, 6) is 0. The first-order chi connectivity index (χ1) is 7.27. The Morgan fingerprint density at radius 1 is 1.33 bits per heavy atom. The molecule has 0 fully saturated rings. The van der Waals surface area contributed by atoms with Gasteiger partial charge in [0.05, 0.1) is 0 Å². The van der Waals surface area contributed by atoms with Crippen LogP contribution in [0.5, 0.6) is 0 Å². The zero-order chi connectivity index (χ0) is 10.8. The Bertz CT molecular complexity index is 342. The van der Waals surface area contributed by atoms with Crippen LogP contribution in [0.3, 0.4) is 0 Å². The molecule has 1 aliphatic rings. The summed E-state index contributed by atoms with van der Waals surface area (Å²) in [6.07, 6.45) is 2.25. The fraction of sp³-hybridized carbons (Fsp3) is 0.538. The maximum absolute atomic E-state index is 6.08. The monoisotopic (exact) mass is 204 g/mol. The summed E-state index contributed by atoms with van der Waals surface area (Å²) < 4.78 is 0. The van der Waals surface area contributed by atoms with Crippen molar-refractivity contribution < 1.29 is 0 Å². The van der Waals surface area contributed by atoms with Crippen molar-refractivity contribution in [1.82, 2.24) is 0 Å². The quantitative estimate of drug-likeness (QED) is 0.819. The SMILES string of the molecule is CCN(CC)c1cccc2c1CCC2N. The molecular formula is C13H20N2. The van der Waals surface area contributed by atoms with E-state index < -0.39 is 0 Å². The van der Waals surface area contributed by atoms with E-state index >= 15 is 0 Å². The minimum Gasteiger partial charge on any atom is -0.372 e. The molecule has 1 unspecified atom stereocenters. The lowest BCUT2D eigenvalue weighted by molar-refractivity contribution is 0.713. The number of benzene rings is 1. The number of hydrogen-bond donors (Lipinski definition) is 1. The second-order valence-corrected chi connectivity index (χ2v) is 4.16. The predicted octanol–water partition coefficient (Wildman–Crippen LogP) is 2.48. The topological polar surface area (TPSA) is 29.3 Å². The smallest absolute Gasteiger partial charge is 0.0401 e. The fourth-order valence-corrected chi connectivity index (χ4v) is 2.53. The van der Waals surface area contributed by atoms with E-state index in [2.05, 4.69) is 36.9 Å². The van der Waals surface area contributed by atoms with E-state index in [0.29, 0.717) is 0 Å². The van der Waals surface area contributed by atoms with E-state index in [-0.39, 0.29) is 6.04 Å². The second-order valence-electron chi connectivity index (χ2n) is 4.16. The standard InChI is InChI=1S/C13H20N2/c1-3-15(4-2)13-7-5-6-10-11(13)8-9-12(10)14/h5-7,12H,3-4,8-9,14H2,1-2H3. The van der Waals surface area contributed by atoms with Crippen molar-refractivity contribution in [1.29, 1.82) is 0 Å². The summed E-state index contributed by atoms with van der Waals surface area (Å²) in [6, 6.07) is 6.80. The zero-order valence-electron chi connectivity index (χ0n) is 9.66. The molecule has 15 heavy (non-hydrogen) atoms. The van der Waals surface area contributed by atoms with Crippen LogP contribution in [0.2, 0.25) is 0 Å². The summed E-state index contributed by atoms with van der Waals surface area (Å²) in [5.41, 5.74) is 10.3. The van der Waals surface area contributed by atoms with E-state index in [1.54, 1.807) is 0 Å². The fourth-order valence-electron chi connectivity index (χ4n) is 2.53. The molecule has 0 spiro atoms. The van der Waals surface area contributed by atoms with Crippen molar-refractivity contribution in [3.63, 3.8) is 0 Å². The molecule has 0 aliphatic heterocycles. The van der Waals surface area contributed by atoms with Crippen LogP contribution in [-0.4, -0.2) is 13.1 Å². The third-order valence-corrected chi connectivity index (χ3v) is 3.40. The number of hydrogen-bond acceptors (Lipinski definition) is 2. The molecule has 0 amide bonds. The molecule has 1 aromatic rings. The van der Waals surface area contributed by atoms with Gasteiger partial charge in [-0.15, -0.1) is 0 Å². The molecule has 0 saturated carbocycles. The van der Waals surface area contributed by atoms with Gasteiger partial charge in [-0.05, 0) is 43.9 Å². The average Bonchev–Trinajstić information content (AvgIpc) is 2.64. The van der Waals surface area contributed by atoms with Gasteiger partial charge in [-0.1, -0.05) is 12.1 Å². The molecule has 82 valence electrons. The minimum absolute atomic E-state index is 0.260. The first kappa shape index (κ1) is 10.5. The highest BCUT2D eigenvalue weighted by molar-refractivity contribution is 5.59. The van der Waals surface area contributed by atoms with E-state index in [0.717, 1.165) is 25.9 Å². The van der Waals surface area contributed by atoms with E-state index in [1.807, 2.05) is 0 Å². The van der Waals surface area contributed by atoms with Gasteiger partial charge in [-0.3, -0.25) is 0 Å². The molecule has 2 N–H and O–H groups in total. The highest BCUT2D eigenvalue weighted by Crippen LogP contribution is 2.35. The molecule has 2 rings (SSSR count). The Balaban J connectivity index is 2.41. The molecular weight excluding hydrogens is 184 g/mol. The molecule has 2 nitrogen and oxygen atoms in total. The third kappa shape index (κ3) is 1.74. The van der Waals surface area contributed by atoms with Gasteiger partial charge in [0, 0.05) is 24.8 Å². The summed E-state index contributed by atoms with van der Waals surface area (Å²) in [6.45, 7) is 6.56. The molecule has 0 saturated heterocycles. The van der Waals surface area contributed by atoms with Crippen LogP contribution in [0.25, 0.3) is 0 Å². The summed E-state index contributed by atoms with van der Waals surface area (Å²) >= 11 is 0. The zero-order valence-corrected chi connectivity index (χ0v) is 9.66. The van der Waals surface area contributed by atoms with Gasteiger partial charge in [0.1, 0.15) is 0 Å². The van der Waals surface area contributed by atoms with E-state index in [9.17, 15) is 0 Å². The molecule has 0 heterocycles. The van der Waals surface area contributed by atoms with Crippen molar-refractivity contribution in [3.8, 4) is 0 Å². The van der Waals surface area contributed by atoms with Gasteiger partial charge >= 0.3 is 0 Å². The van der Waals surface area contributed by atoms with Gasteiger partial charge in [-0.2, -0.15) is 0 Å². The normalized spacial score (nSPS) is 19.0.